The zero-order valence-electron chi connectivity index (χ0n) is 27.0. The number of carbonyl (C=O) groups is 2. The van der Waals surface area contributed by atoms with Crippen molar-refractivity contribution in [1.29, 1.82) is 0 Å². The van der Waals surface area contributed by atoms with Crippen molar-refractivity contribution in [1.82, 2.24) is 0 Å². The third kappa shape index (κ3) is 33.2. The summed E-state index contributed by atoms with van der Waals surface area (Å²) in [5, 5.41) is 9.96. The molecule has 0 aromatic heterocycles. The summed E-state index contributed by atoms with van der Waals surface area (Å²) in [5.74, 6) is -0.586. The monoisotopic (exact) mass is 585 g/mol. The summed E-state index contributed by atoms with van der Waals surface area (Å²) in [7, 11) is 0. The van der Waals surface area contributed by atoms with Crippen LogP contribution in [0.4, 0.5) is 4.39 Å². The van der Waals surface area contributed by atoms with Gasteiger partial charge in [-0.05, 0) is 19.3 Å². The molecule has 0 saturated heterocycles. The second-order valence-corrected chi connectivity index (χ2v) is 12.0. The zero-order valence-corrected chi connectivity index (χ0v) is 27.0. The molecule has 0 aromatic rings. The second-order valence-electron chi connectivity index (χ2n) is 12.0. The van der Waals surface area contributed by atoms with Gasteiger partial charge in [0.2, 0.25) is 0 Å². The normalized spacial score (nSPS) is 12.0. The number of carbonyl (C=O) groups excluding carboxylic acids is 2. The van der Waals surface area contributed by atoms with Gasteiger partial charge in [-0.25, -0.2) is 0 Å². The average molecular weight is 586 g/mol. The molecule has 0 radical (unpaired) electrons. The maximum atomic E-state index is 12.0. The van der Waals surface area contributed by atoms with Gasteiger partial charge in [-0.2, -0.15) is 0 Å². The minimum Gasteiger partial charge on any atom is -0.463 e. The number of unbranched alkanes of at least 4 members (excludes halogenated alkanes) is 24. The van der Waals surface area contributed by atoms with E-state index in [1.807, 2.05) is 0 Å². The van der Waals surface area contributed by atoms with Crippen LogP contribution in [-0.4, -0.2) is 43.0 Å². The average Bonchev–Trinajstić information content (AvgIpc) is 2.97. The Balaban J connectivity index is 3.39. The molecule has 0 fully saturated rings. The van der Waals surface area contributed by atoms with E-state index in [4.69, 9.17) is 9.47 Å². The van der Waals surface area contributed by atoms with E-state index in [0.29, 0.717) is 12.8 Å². The van der Waals surface area contributed by atoms with Crippen molar-refractivity contribution < 1.29 is 28.6 Å². The van der Waals surface area contributed by atoms with Gasteiger partial charge in [-0.3, -0.25) is 14.0 Å². The summed E-state index contributed by atoms with van der Waals surface area (Å²) in [5.41, 5.74) is 0. The highest BCUT2D eigenvalue weighted by molar-refractivity contribution is 5.69. The van der Waals surface area contributed by atoms with Gasteiger partial charge in [0.1, 0.15) is 19.3 Å². The van der Waals surface area contributed by atoms with Crippen LogP contribution in [0.25, 0.3) is 0 Å². The molecule has 1 N–H and O–H groups in total. The van der Waals surface area contributed by atoms with Gasteiger partial charge in [0.25, 0.3) is 0 Å². The molecule has 0 aliphatic rings. The van der Waals surface area contributed by atoms with Crippen molar-refractivity contribution in [2.45, 2.75) is 193 Å². The fourth-order valence-electron chi connectivity index (χ4n) is 5.17. The molecule has 0 rings (SSSR count). The summed E-state index contributed by atoms with van der Waals surface area (Å²) in [6.07, 6.45) is 30.9. The van der Waals surface area contributed by atoms with Gasteiger partial charge < -0.3 is 14.6 Å². The lowest BCUT2D eigenvalue weighted by Gasteiger charge is -2.12. The Morgan fingerprint density at radius 2 is 0.756 bits per heavy atom. The molecular weight excluding hydrogens is 518 g/mol. The third-order valence-corrected chi connectivity index (χ3v) is 7.87. The van der Waals surface area contributed by atoms with Gasteiger partial charge in [0.05, 0.1) is 6.67 Å². The maximum absolute atomic E-state index is 12.0. The number of hydrogen-bond donors (Lipinski definition) is 1. The Labute approximate surface area is 253 Å². The molecule has 5 nitrogen and oxygen atoms in total. The van der Waals surface area contributed by atoms with Crippen LogP contribution in [0.15, 0.2) is 0 Å². The van der Waals surface area contributed by atoms with Crippen molar-refractivity contribution in [2.24, 2.45) is 0 Å². The van der Waals surface area contributed by atoms with Crippen LogP contribution in [0.3, 0.4) is 0 Å². The minimum absolute atomic E-state index is 0.121. The van der Waals surface area contributed by atoms with Crippen molar-refractivity contribution in [2.75, 3.05) is 19.9 Å². The molecule has 0 aliphatic carbocycles. The van der Waals surface area contributed by atoms with Crippen molar-refractivity contribution >= 4 is 11.9 Å². The fraction of sp³-hybridized carbons (Fsp3) is 0.943. The molecule has 0 saturated carbocycles. The molecule has 0 heterocycles. The van der Waals surface area contributed by atoms with Crippen LogP contribution < -0.4 is 0 Å². The molecule has 244 valence electrons. The topological polar surface area (TPSA) is 72.8 Å². The van der Waals surface area contributed by atoms with Crippen LogP contribution in [0.5, 0.6) is 0 Å². The van der Waals surface area contributed by atoms with E-state index >= 15 is 0 Å². The van der Waals surface area contributed by atoms with E-state index in [1.54, 1.807) is 0 Å². The second kappa shape index (κ2) is 33.3. The summed E-state index contributed by atoms with van der Waals surface area (Å²) in [4.78, 5) is 23.8. The van der Waals surface area contributed by atoms with E-state index in [1.165, 1.54) is 116 Å². The molecule has 41 heavy (non-hydrogen) atoms. The van der Waals surface area contributed by atoms with Gasteiger partial charge in [0, 0.05) is 12.8 Å². The van der Waals surface area contributed by atoms with Gasteiger partial charge in [0.15, 0.2) is 0 Å². The first kappa shape index (κ1) is 39.8. The predicted molar refractivity (Wildman–Crippen MR) is 169 cm³/mol. The number of esters is 2. The summed E-state index contributed by atoms with van der Waals surface area (Å²) in [6.45, 7) is 1.83. The number of halogens is 1. The number of hydrogen-bond acceptors (Lipinski definition) is 5. The molecule has 0 spiro atoms. The first-order valence-corrected chi connectivity index (χ1v) is 17.7. The first-order valence-electron chi connectivity index (χ1n) is 17.7. The fourth-order valence-corrected chi connectivity index (χ4v) is 5.17. The summed E-state index contributed by atoms with van der Waals surface area (Å²) >= 11 is 0. The highest BCUT2D eigenvalue weighted by Gasteiger charge is 2.12. The standard InChI is InChI=1S/C35H67FO5/c1-2-3-4-5-6-7-8-10-13-16-19-22-25-28-34(38)40-31-33(37)32-41-35(39)29-26-23-20-17-14-11-9-12-15-18-21-24-27-30-36/h33,37H,2-32H2,1H3/t33-/m1/s1/i36-1. The Morgan fingerprint density at radius 3 is 1.05 bits per heavy atom. The molecular formula is C35H67FO5. The van der Waals surface area contributed by atoms with Gasteiger partial charge in [-0.1, -0.05) is 155 Å². The highest BCUT2D eigenvalue weighted by Crippen LogP contribution is 2.14. The lowest BCUT2D eigenvalue weighted by molar-refractivity contribution is -0.152. The molecule has 0 bridgehead atoms. The van der Waals surface area contributed by atoms with Crippen LogP contribution >= 0.6 is 0 Å². The van der Waals surface area contributed by atoms with Gasteiger partial charge in [-0.15, -0.1) is 0 Å². The van der Waals surface area contributed by atoms with E-state index < -0.39 is 6.10 Å². The number of alkyl halides is 1. The Morgan fingerprint density at radius 1 is 0.488 bits per heavy atom. The molecule has 0 amide bonds. The highest BCUT2D eigenvalue weighted by atomic mass is 18.2. The van der Waals surface area contributed by atoms with Crippen molar-refractivity contribution in [3.8, 4) is 0 Å². The van der Waals surface area contributed by atoms with E-state index in [2.05, 4.69) is 6.92 Å². The maximum Gasteiger partial charge on any atom is 0.305 e. The van der Waals surface area contributed by atoms with Crippen molar-refractivity contribution in [3.63, 3.8) is 0 Å². The Bertz CT molecular complexity index is 557. The molecule has 1 atom stereocenters. The molecule has 0 aromatic carbocycles. The molecule has 6 heteroatoms. The van der Waals surface area contributed by atoms with Crippen LogP contribution in [0.2, 0.25) is 0 Å². The summed E-state index contributed by atoms with van der Waals surface area (Å²) in [6, 6.07) is 0. The van der Waals surface area contributed by atoms with Crippen LogP contribution in [-0.2, 0) is 19.1 Å². The number of ether oxygens (including phenoxy) is 2. The molecule has 0 aliphatic heterocycles. The quantitative estimate of drug-likeness (QED) is 0.0612. The SMILES string of the molecule is CCCCCCCCCCCCCCCC(=O)OC[C@@H](O)COC(=O)CCCCCCCCCCCCCCC[18F]. The largest absolute Gasteiger partial charge is 0.463 e. The Hall–Kier alpha value is -1.17. The zero-order chi connectivity index (χ0) is 30.1. The smallest absolute Gasteiger partial charge is 0.305 e. The Kier molecular flexibility index (Phi) is 32.4. The lowest BCUT2D eigenvalue weighted by Crippen LogP contribution is -2.25. The number of aliphatic hydroxyl groups excluding tert-OH is 1. The first-order chi connectivity index (χ1) is 20.1. The lowest BCUT2D eigenvalue weighted by atomic mass is 10.0. The van der Waals surface area contributed by atoms with Crippen LogP contribution in [0, 0.1) is 0 Å². The van der Waals surface area contributed by atoms with Crippen molar-refractivity contribution in [3.05, 3.63) is 0 Å². The number of aliphatic hydroxyl groups is 1. The third-order valence-electron chi connectivity index (χ3n) is 7.87. The van der Waals surface area contributed by atoms with Crippen LogP contribution in [0.1, 0.15) is 187 Å². The van der Waals surface area contributed by atoms with E-state index in [-0.39, 0.29) is 31.8 Å². The number of rotatable bonds is 33. The molecule has 0 unspecified atom stereocenters. The van der Waals surface area contributed by atoms with E-state index in [9.17, 15) is 19.1 Å². The van der Waals surface area contributed by atoms with Gasteiger partial charge >= 0.3 is 11.9 Å². The summed E-state index contributed by atoms with van der Waals surface area (Å²) < 4.78 is 22.3. The minimum atomic E-state index is -0.968. The predicted octanol–water partition coefficient (Wildman–Crippen LogP) is 10.3. The van der Waals surface area contributed by atoms with E-state index in [0.717, 1.165) is 51.4 Å².